The van der Waals surface area contributed by atoms with E-state index < -0.39 is 24.4 Å². The van der Waals surface area contributed by atoms with Crippen LogP contribution in [0.3, 0.4) is 0 Å². The molecule has 1 aliphatic heterocycles. The lowest BCUT2D eigenvalue weighted by atomic mass is 10.1. The average molecular weight is 268 g/mol. The molecule has 0 saturated carbocycles. The Balaban J connectivity index is 2.26. The number of aliphatic hydroxyl groups is 4. The van der Waals surface area contributed by atoms with Gasteiger partial charge in [-0.15, -0.1) is 0 Å². The minimum Gasteiger partial charge on any atom is -0.399 e. The molecule has 1 fully saturated rings. The number of aryl methyl sites for hydroxylation is 1. The summed E-state index contributed by atoms with van der Waals surface area (Å²) in [4.78, 5) is 1.72. The molecule has 1 saturated heterocycles. The molecule has 2 rings (SSSR count). The highest BCUT2D eigenvalue weighted by molar-refractivity contribution is 5.58. The molecule has 1 heterocycles. The molecule has 1 aliphatic rings. The minimum atomic E-state index is -1.35. The van der Waals surface area contributed by atoms with Crippen molar-refractivity contribution >= 4 is 11.4 Å². The number of nitrogens with two attached hydrogens (primary N) is 1. The Morgan fingerprint density at radius 2 is 1.58 bits per heavy atom. The van der Waals surface area contributed by atoms with Gasteiger partial charge in [-0.1, -0.05) is 0 Å². The van der Waals surface area contributed by atoms with Gasteiger partial charge in [0, 0.05) is 24.5 Å². The van der Waals surface area contributed by atoms with Crippen LogP contribution < -0.4 is 10.6 Å². The van der Waals surface area contributed by atoms with Gasteiger partial charge in [-0.05, 0) is 30.7 Å². The molecular weight excluding hydrogens is 248 g/mol. The Labute approximate surface area is 111 Å². The molecular formula is C13H20N2O4. The first kappa shape index (κ1) is 14.1. The summed E-state index contributed by atoms with van der Waals surface area (Å²) in [5.74, 6) is 0. The predicted molar refractivity (Wildman–Crippen MR) is 71.8 cm³/mol. The number of hydrogen-bond acceptors (Lipinski definition) is 6. The van der Waals surface area contributed by atoms with E-state index in [1.807, 2.05) is 13.0 Å². The Hall–Kier alpha value is -1.34. The lowest BCUT2D eigenvalue weighted by Crippen LogP contribution is -2.43. The first-order valence-electron chi connectivity index (χ1n) is 6.23. The van der Waals surface area contributed by atoms with Gasteiger partial charge in [0.1, 0.15) is 12.2 Å². The molecule has 1 aromatic rings. The van der Waals surface area contributed by atoms with Gasteiger partial charge >= 0.3 is 0 Å². The van der Waals surface area contributed by atoms with Crippen LogP contribution in [0, 0.1) is 6.92 Å². The molecule has 0 bridgehead atoms. The van der Waals surface area contributed by atoms with Crippen LogP contribution in [-0.4, -0.2) is 57.9 Å². The molecule has 6 nitrogen and oxygen atoms in total. The van der Waals surface area contributed by atoms with Crippen LogP contribution in [0.2, 0.25) is 0 Å². The fourth-order valence-corrected chi connectivity index (χ4v) is 2.26. The molecule has 0 spiro atoms. The lowest BCUT2D eigenvalue weighted by molar-refractivity contribution is -0.0894. The van der Waals surface area contributed by atoms with Gasteiger partial charge < -0.3 is 31.1 Å². The zero-order chi connectivity index (χ0) is 14.2. The highest BCUT2D eigenvalue weighted by Gasteiger charge is 2.36. The number of β-amino-alcohol motifs (C(OH)–C–C–N with tert-alkyl or cyclic N) is 2. The molecule has 1 aromatic carbocycles. The number of anilines is 2. The third kappa shape index (κ3) is 2.82. The van der Waals surface area contributed by atoms with Crippen LogP contribution in [-0.2, 0) is 0 Å². The highest BCUT2D eigenvalue weighted by Crippen LogP contribution is 2.24. The SMILES string of the molecule is Cc1cc(N2CC(O)C(O)C(O)C(O)C2)ccc1N. The van der Waals surface area contributed by atoms with Crippen LogP contribution in [0.5, 0.6) is 0 Å². The zero-order valence-corrected chi connectivity index (χ0v) is 10.8. The number of nitrogens with zero attached hydrogens (tertiary/aromatic N) is 1. The van der Waals surface area contributed by atoms with Crippen LogP contribution >= 0.6 is 0 Å². The molecule has 0 amide bonds. The monoisotopic (exact) mass is 268 g/mol. The van der Waals surface area contributed by atoms with Gasteiger partial charge in [-0.3, -0.25) is 0 Å². The van der Waals surface area contributed by atoms with Crippen LogP contribution in [0.25, 0.3) is 0 Å². The number of benzene rings is 1. The molecule has 4 atom stereocenters. The maximum atomic E-state index is 9.81. The summed E-state index contributed by atoms with van der Waals surface area (Å²) in [5.41, 5.74) is 8.10. The van der Waals surface area contributed by atoms with E-state index in [-0.39, 0.29) is 13.1 Å². The summed E-state index contributed by atoms with van der Waals surface area (Å²) in [5, 5.41) is 38.9. The first-order valence-corrected chi connectivity index (χ1v) is 6.23. The van der Waals surface area contributed by atoms with E-state index in [0.29, 0.717) is 5.69 Å². The van der Waals surface area contributed by atoms with Gasteiger partial charge in [0.25, 0.3) is 0 Å². The zero-order valence-electron chi connectivity index (χ0n) is 10.8. The standard InChI is InChI=1S/C13H20N2O4/c1-7-4-8(2-3-9(7)14)15-5-10(16)12(18)13(19)11(17)6-15/h2-4,10-13,16-19H,5-6,14H2,1H3. The van der Waals surface area contributed by atoms with Crippen LogP contribution in [0.4, 0.5) is 11.4 Å². The van der Waals surface area contributed by atoms with Crippen molar-refractivity contribution in [3.8, 4) is 0 Å². The summed E-state index contributed by atoms with van der Waals surface area (Å²) in [7, 11) is 0. The second-order valence-corrected chi connectivity index (χ2v) is 5.06. The van der Waals surface area contributed by atoms with Gasteiger partial charge in [0.15, 0.2) is 0 Å². The minimum absolute atomic E-state index is 0.138. The van der Waals surface area contributed by atoms with E-state index in [1.165, 1.54) is 0 Å². The normalized spacial score (nSPS) is 32.2. The Bertz CT molecular complexity index is 438. The van der Waals surface area contributed by atoms with Crippen molar-refractivity contribution in [1.29, 1.82) is 0 Å². The molecule has 0 aromatic heterocycles. The summed E-state index contributed by atoms with van der Waals surface area (Å²) in [6.45, 7) is 2.14. The van der Waals surface area contributed by atoms with E-state index in [4.69, 9.17) is 5.73 Å². The molecule has 0 radical (unpaired) electrons. The van der Waals surface area contributed by atoms with Gasteiger partial charge in [0.05, 0.1) is 12.2 Å². The fourth-order valence-electron chi connectivity index (χ4n) is 2.26. The Morgan fingerprint density at radius 3 is 2.05 bits per heavy atom. The van der Waals surface area contributed by atoms with Crippen molar-refractivity contribution < 1.29 is 20.4 Å². The van der Waals surface area contributed by atoms with E-state index in [1.54, 1.807) is 17.0 Å². The molecule has 19 heavy (non-hydrogen) atoms. The summed E-state index contributed by atoms with van der Waals surface area (Å²) in [6, 6.07) is 5.38. The van der Waals surface area contributed by atoms with E-state index >= 15 is 0 Å². The van der Waals surface area contributed by atoms with Gasteiger partial charge in [-0.25, -0.2) is 0 Å². The molecule has 6 N–H and O–H groups in total. The van der Waals surface area contributed by atoms with Crippen LogP contribution in [0.1, 0.15) is 5.56 Å². The maximum Gasteiger partial charge on any atom is 0.110 e. The van der Waals surface area contributed by atoms with Crippen molar-refractivity contribution in [2.45, 2.75) is 31.3 Å². The Kier molecular flexibility index (Phi) is 3.96. The fraction of sp³-hybridized carbons (Fsp3) is 0.538. The van der Waals surface area contributed by atoms with E-state index in [9.17, 15) is 20.4 Å². The Morgan fingerprint density at radius 1 is 1.05 bits per heavy atom. The maximum absolute atomic E-state index is 9.81. The third-order valence-corrected chi connectivity index (χ3v) is 3.57. The van der Waals surface area contributed by atoms with Crippen molar-refractivity contribution in [2.75, 3.05) is 23.7 Å². The highest BCUT2D eigenvalue weighted by atomic mass is 16.4. The van der Waals surface area contributed by atoms with E-state index in [2.05, 4.69) is 0 Å². The van der Waals surface area contributed by atoms with Crippen molar-refractivity contribution in [3.63, 3.8) is 0 Å². The topological polar surface area (TPSA) is 110 Å². The van der Waals surface area contributed by atoms with Crippen molar-refractivity contribution in [1.82, 2.24) is 0 Å². The van der Waals surface area contributed by atoms with E-state index in [0.717, 1.165) is 11.3 Å². The summed E-state index contributed by atoms with van der Waals surface area (Å²) < 4.78 is 0. The number of hydrogen-bond donors (Lipinski definition) is 5. The molecule has 6 heteroatoms. The first-order chi connectivity index (χ1) is 8.90. The van der Waals surface area contributed by atoms with Crippen molar-refractivity contribution in [3.05, 3.63) is 23.8 Å². The third-order valence-electron chi connectivity index (χ3n) is 3.57. The lowest BCUT2D eigenvalue weighted by Gasteiger charge is -2.26. The van der Waals surface area contributed by atoms with Crippen LogP contribution in [0.15, 0.2) is 18.2 Å². The number of nitrogen functional groups attached to an aromatic ring is 1. The largest absolute Gasteiger partial charge is 0.399 e. The second-order valence-electron chi connectivity index (χ2n) is 5.06. The van der Waals surface area contributed by atoms with Crippen molar-refractivity contribution in [2.24, 2.45) is 0 Å². The summed E-state index contributed by atoms with van der Waals surface area (Å²) >= 11 is 0. The quantitative estimate of drug-likeness (QED) is 0.411. The number of rotatable bonds is 1. The summed E-state index contributed by atoms with van der Waals surface area (Å²) in [6.07, 6.45) is -4.94. The van der Waals surface area contributed by atoms with Gasteiger partial charge in [0.2, 0.25) is 0 Å². The smallest absolute Gasteiger partial charge is 0.110 e. The molecule has 4 unspecified atom stereocenters. The molecule has 106 valence electrons. The molecule has 0 aliphatic carbocycles. The van der Waals surface area contributed by atoms with Gasteiger partial charge in [-0.2, -0.15) is 0 Å². The predicted octanol–water partition coefficient (Wildman–Crippen LogP) is -1.16. The second kappa shape index (κ2) is 5.34. The number of aliphatic hydroxyl groups excluding tert-OH is 4. The average Bonchev–Trinajstić information content (AvgIpc) is 2.46.